The zero-order valence-corrected chi connectivity index (χ0v) is 11.0. The monoisotopic (exact) mass is 246 g/mol. The molecule has 0 aliphatic carbocycles. The normalized spacial score (nSPS) is 31.9. The standard InChI is InChI=1S/C15H22N2O/c1-11-15(18-7-6-16-11)9-14-8-12-4-2-3-5-13(12)10-17-14/h2-5,11,14-17H,6-10H2,1H3/t11-,14-,15?/m0/s1. The fourth-order valence-corrected chi connectivity index (χ4v) is 3.01. The number of morpholine rings is 1. The van der Waals surface area contributed by atoms with Crippen LogP contribution in [0.2, 0.25) is 0 Å². The van der Waals surface area contributed by atoms with Crippen LogP contribution in [0.4, 0.5) is 0 Å². The van der Waals surface area contributed by atoms with Crippen LogP contribution in [0.15, 0.2) is 24.3 Å². The summed E-state index contributed by atoms with van der Waals surface area (Å²) < 4.78 is 5.88. The molecule has 0 amide bonds. The van der Waals surface area contributed by atoms with Crippen molar-refractivity contribution in [2.45, 2.75) is 44.5 Å². The maximum Gasteiger partial charge on any atom is 0.0740 e. The van der Waals surface area contributed by atoms with E-state index in [2.05, 4.69) is 41.8 Å². The maximum absolute atomic E-state index is 5.88. The lowest BCUT2D eigenvalue weighted by atomic mass is 9.91. The third-order valence-corrected chi connectivity index (χ3v) is 4.14. The summed E-state index contributed by atoms with van der Waals surface area (Å²) >= 11 is 0. The molecule has 3 nitrogen and oxygen atoms in total. The molecule has 98 valence electrons. The van der Waals surface area contributed by atoms with Crippen LogP contribution in [-0.4, -0.2) is 31.3 Å². The summed E-state index contributed by atoms with van der Waals surface area (Å²) in [7, 11) is 0. The molecule has 2 aliphatic rings. The molecule has 1 aromatic rings. The summed E-state index contributed by atoms with van der Waals surface area (Å²) in [6, 6.07) is 9.76. The first-order valence-corrected chi connectivity index (χ1v) is 6.98. The van der Waals surface area contributed by atoms with Crippen molar-refractivity contribution in [1.29, 1.82) is 0 Å². The average Bonchev–Trinajstić information content (AvgIpc) is 2.41. The minimum Gasteiger partial charge on any atom is -0.375 e. The van der Waals surface area contributed by atoms with Crippen LogP contribution in [0.5, 0.6) is 0 Å². The molecule has 1 unspecified atom stereocenters. The molecule has 0 saturated carbocycles. The highest BCUT2D eigenvalue weighted by atomic mass is 16.5. The van der Waals surface area contributed by atoms with Gasteiger partial charge in [0.05, 0.1) is 12.7 Å². The van der Waals surface area contributed by atoms with Crippen LogP contribution >= 0.6 is 0 Å². The molecule has 0 bridgehead atoms. The van der Waals surface area contributed by atoms with Crippen molar-refractivity contribution >= 4 is 0 Å². The molecule has 3 atom stereocenters. The maximum atomic E-state index is 5.88. The highest BCUT2D eigenvalue weighted by Crippen LogP contribution is 2.20. The van der Waals surface area contributed by atoms with Gasteiger partial charge >= 0.3 is 0 Å². The SMILES string of the molecule is C[C@@H]1NCCOC1C[C@@H]1Cc2ccccc2CN1. The Morgan fingerprint density at radius 2 is 2.06 bits per heavy atom. The van der Waals surface area contributed by atoms with Crippen LogP contribution in [0.25, 0.3) is 0 Å². The Morgan fingerprint density at radius 3 is 2.89 bits per heavy atom. The van der Waals surface area contributed by atoms with E-state index in [1.807, 2.05) is 0 Å². The van der Waals surface area contributed by atoms with Gasteiger partial charge in [-0.25, -0.2) is 0 Å². The number of fused-ring (bicyclic) bond motifs is 1. The molecule has 2 N–H and O–H groups in total. The average molecular weight is 246 g/mol. The first-order valence-electron chi connectivity index (χ1n) is 6.98. The van der Waals surface area contributed by atoms with Crippen LogP contribution in [0.1, 0.15) is 24.5 Å². The molecule has 1 saturated heterocycles. The van der Waals surface area contributed by atoms with E-state index in [9.17, 15) is 0 Å². The second-order valence-electron chi connectivity index (χ2n) is 5.44. The Labute approximate surface area is 109 Å². The first-order chi connectivity index (χ1) is 8.83. The van der Waals surface area contributed by atoms with E-state index in [1.165, 1.54) is 11.1 Å². The minimum absolute atomic E-state index is 0.349. The smallest absolute Gasteiger partial charge is 0.0740 e. The van der Waals surface area contributed by atoms with E-state index in [0.29, 0.717) is 18.2 Å². The number of benzene rings is 1. The van der Waals surface area contributed by atoms with E-state index in [0.717, 1.165) is 32.5 Å². The van der Waals surface area contributed by atoms with Crippen molar-refractivity contribution in [3.63, 3.8) is 0 Å². The highest BCUT2D eigenvalue weighted by Gasteiger charge is 2.27. The Bertz CT molecular complexity index is 407. The second-order valence-corrected chi connectivity index (χ2v) is 5.44. The number of ether oxygens (including phenoxy) is 1. The van der Waals surface area contributed by atoms with Gasteiger partial charge in [0.1, 0.15) is 0 Å². The number of hydrogen-bond acceptors (Lipinski definition) is 3. The predicted octanol–water partition coefficient (Wildman–Crippen LogP) is 1.47. The Kier molecular flexibility index (Phi) is 3.64. The first kappa shape index (κ1) is 12.2. The van der Waals surface area contributed by atoms with Crippen molar-refractivity contribution in [2.24, 2.45) is 0 Å². The predicted molar refractivity (Wildman–Crippen MR) is 72.6 cm³/mol. The zero-order chi connectivity index (χ0) is 12.4. The largest absolute Gasteiger partial charge is 0.375 e. The second kappa shape index (κ2) is 5.39. The van der Waals surface area contributed by atoms with Gasteiger partial charge in [0.25, 0.3) is 0 Å². The quantitative estimate of drug-likeness (QED) is 0.829. The van der Waals surface area contributed by atoms with Crippen molar-refractivity contribution in [2.75, 3.05) is 13.2 Å². The number of nitrogens with one attached hydrogen (secondary N) is 2. The van der Waals surface area contributed by atoms with Crippen LogP contribution < -0.4 is 10.6 Å². The van der Waals surface area contributed by atoms with Gasteiger partial charge in [0.15, 0.2) is 0 Å². The summed E-state index contributed by atoms with van der Waals surface area (Å²) in [5.41, 5.74) is 2.95. The van der Waals surface area contributed by atoms with E-state index in [4.69, 9.17) is 4.74 Å². The van der Waals surface area contributed by atoms with Gasteiger partial charge < -0.3 is 15.4 Å². The van der Waals surface area contributed by atoms with Crippen molar-refractivity contribution in [3.05, 3.63) is 35.4 Å². The topological polar surface area (TPSA) is 33.3 Å². The van der Waals surface area contributed by atoms with E-state index < -0.39 is 0 Å². The van der Waals surface area contributed by atoms with Gasteiger partial charge in [-0.2, -0.15) is 0 Å². The van der Waals surface area contributed by atoms with E-state index >= 15 is 0 Å². The van der Waals surface area contributed by atoms with Crippen molar-refractivity contribution < 1.29 is 4.74 Å². The van der Waals surface area contributed by atoms with E-state index in [-0.39, 0.29) is 0 Å². The molecule has 1 fully saturated rings. The number of rotatable bonds is 2. The Morgan fingerprint density at radius 1 is 1.22 bits per heavy atom. The summed E-state index contributed by atoms with van der Waals surface area (Å²) in [5.74, 6) is 0. The Hall–Kier alpha value is -0.900. The molecule has 1 aromatic carbocycles. The third kappa shape index (κ3) is 2.58. The van der Waals surface area contributed by atoms with Crippen LogP contribution in [0, 0.1) is 0 Å². The lowest BCUT2D eigenvalue weighted by Crippen LogP contribution is -2.50. The molecule has 3 rings (SSSR count). The molecular formula is C15H22N2O. The van der Waals surface area contributed by atoms with E-state index in [1.54, 1.807) is 0 Å². The number of hydrogen-bond donors (Lipinski definition) is 2. The summed E-state index contributed by atoms with van der Waals surface area (Å²) in [4.78, 5) is 0. The molecule has 3 heteroatoms. The fourth-order valence-electron chi connectivity index (χ4n) is 3.01. The Balaban J connectivity index is 1.62. The lowest BCUT2D eigenvalue weighted by Gasteiger charge is -2.35. The van der Waals surface area contributed by atoms with Gasteiger partial charge in [-0.3, -0.25) is 0 Å². The van der Waals surface area contributed by atoms with Gasteiger partial charge in [-0.1, -0.05) is 24.3 Å². The third-order valence-electron chi connectivity index (χ3n) is 4.14. The highest BCUT2D eigenvalue weighted by molar-refractivity contribution is 5.29. The molecule has 2 aliphatic heterocycles. The van der Waals surface area contributed by atoms with Gasteiger partial charge in [0.2, 0.25) is 0 Å². The van der Waals surface area contributed by atoms with Crippen molar-refractivity contribution in [3.8, 4) is 0 Å². The summed E-state index contributed by atoms with van der Waals surface area (Å²) in [6.45, 7) is 5.05. The van der Waals surface area contributed by atoms with Gasteiger partial charge in [-0.15, -0.1) is 0 Å². The minimum atomic E-state index is 0.349. The molecule has 18 heavy (non-hydrogen) atoms. The van der Waals surface area contributed by atoms with Gasteiger partial charge in [-0.05, 0) is 30.9 Å². The molecular weight excluding hydrogens is 224 g/mol. The fraction of sp³-hybridized carbons (Fsp3) is 0.600. The molecule has 0 radical (unpaired) electrons. The van der Waals surface area contributed by atoms with Crippen molar-refractivity contribution in [1.82, 2.24) is 10.6 Å². The molecule has 2 heterocycles. The lowest BCUT2D eigenvalue weighted by molar-refractivity contribution is -0.00962. The summed E-state index contributed by atoms with van der Waals surface area (Å²) in [5, 5.41) is 7.12. The summed E-state index contributed by atoms with van der Waals surface area (Å²) in [6.07, 6.45) is 2.58. The van der Waals surface area contributed by atoms with Crippen LogP contribution in [0.3, 0.4) is 0 Å². The molecule has 0 spiro atoms. The van der Waals surface area contributed by atoms with Gasteiger partial charge in [0, 0.05) is 25.2 Å². The molecule has 0 aromatic heterocycles. The van der Waals surface area contributed by atoms with Crippen LogP contribution in [-0.2, 0) is 17.7 Å². The zero-order valence-electron chi connectivity index (χ0n) is 11.0.